The predicted molar refractivity (Wildman–Crippen MR) is 78.0 cm³/mol. The number of rotatable bonds is 6. The third-order valence-electron chi connectivity index (χ3n) is 2.67. The predicted octanol–water partition coefficient (Wildman–Crippen LogP) is 2.24. The first kappa shape index (κ1) is 13.8. The van der Waals surface area contributed by atoms with E-state index in [-0.39, 0.29) is 5.91 Å². The van der Waals surface area contributed by atoms with E-state index in [0.717, 1.165) is 28.9 Å². The Balaban J connectivity index is 2.02. The molecule has 19 heavy (non-hydrogen) atoms. The standard InChI is InChI=1S/C13H17N3O2S/c1-14-7-3-4-12(17)16-13-15-10-6-5-9(18-2)8-11(10)19-13/h5-6,8,14H,3-4,7H2,1-2H3,(H,15,16,17). The van der Waals surface area contributed by atoms with Crippen LogP contribution in [-0.2, 0) is 4.79 Å². The van der Waals surface area contributed by atoms with Crippen LogP contribution in [0.2, 0.25) is 0 Å². The maximum atomic E-state index is 11.7. The number of nitrogens with zero attached hydrogens (tertiary/aromatic N) is 1. The Morgan fingerprint density at radius 3 is 3.05 bits per heavy atom. The molecule has 2 rings (SSSR count). The van der Waals surface area contributed by atoms with Crippen LogP contribution in [0.1, 0.15) is 12.8 Å². The minimum absolute atomic E-state index is 0.00118. The van der Waals surface area contributed by atoms with E-state index in [1.165, 1.54) is 11.3 Å². The van der Waals surface area contributed by atoms with Crippen molar-refractivity contribution >= 4 is 32.6 Å². The van der Waals surface area contributed by atoms with Gasteiger partial charge in [0, 0.05) is 6.42 Å². The molecule has 0 atom stereocenters. The molecule has 0 spiro atoms. The number of hydrogen-bond donors (Lipinski definition) is 2. The van der Waals surface area contributed by atoms with E-state index in [1.54, 1.807) is 7.11 Å². The zero-order valence-electron chi connectivity index (χ0n) is 11.0. The van der Waals surface area contributed by atoms with Crippen molar-refractivity contribution in [3.63, 3.8) is 0 Å². The number of carbonyl (C=O) groups is 1. The van der Waals surface area contributed by atoms with E-state index in [0.29, 0.717) is 11.6 Å². The number of ether oxygens (including phenoxy) is 1. The van der Waals surface area contributed by atoms with Gasteiger partial charge in [0.25, 0.3) is 0 Å². The molecule has 1 heterocycles. The van der Waals surface area contributed by atoms with Crippen molar-refractivity contribution in [2.75, 3.05) is 26.0 Å². The minimum atomic E-state index is 0.00118. The number of nitrogens with one attached hydrogen (secondary N) is 2. The van der Waals surface area contributed by atoms with E-state index in [1.807, 2.05) is 25.2 Å². The highest BCUT2D eigenvalue weighted by molar-refractivity contribution is 7.22. The molecule has 0 unspecified atom stereocenters. The fourth-order valence-corrected chi connectivity index (χ4v) is 2.60. The highest BCUT2D eigenvalue weighted by Gasteiger charge is 2.08. The first-order valence-electron chi connectivity index (χ1n) is 6.12. The smallest absolute Gasteiger partial charge is 0.226 e. The number of aromatic nitrogens is 1. The Hall–Kier alpha value is -1.66. The molecule has 0 bridgehead atoms. The Morgan fingerprint density at radius 2 is 2.32 bits per heavy atom. The molecular formula is C13H17N3O2S. The summed E-state index contributed by atoms with van der Waals surface area (Å²) < 4.78 is 6.17. The lowest BCUT2D eigenvalue weighted by molar-refractivity contribution is -0.116. The van der Waals surface area contributed by atoms with Gasteiger partial charge in [0.05, 0.1) is 17.3 Å². The summed E-state index contributed by atoms with van der Waals surface area (Å²) in [4.78, 5) is 16.1. The average Bonchev–Trinajstić information content (AvgIpc) is 2.79. The van der Waals surface area contributed by atoms with Gasteiger partial charge >= 0.3 is 0 Å². The number of benzene rings is 1. The van der Waals surface area contributed by atoms with Crippen LogP contribution in [0.5, 0.6) is 5.75 Å². The van der Waals surface area contributed by atoms with Crippen LogP contribution in [0, 0.1) is 0 Å². The van der Waals surface area contributed by atoms with Crippen LogP contribution in [0.15, 0.2) is 18.2 Å². The molecule has 102 valence electrons. The van der Waals surface area contributed by atoms with Crippen LogP contribution in [0.3, 0.4) is 0 Å². The van der Waals surface area contributed by atoms with Crippen LogP contribution in [0.25, 0.3) is 10.2 Å². The van der Waals surface area contributed by atoms with E-state index in [2.05, 4.69) is 15.6 Å². The second-order valence-electron chi connectivity index (χ2n) is 4.11. The van der Waals surface area contributed by atoms with Crippen LogP contribution < -0.4 is 15.4 Å². The van der Waals surface area contributed by atoms with Gasteiger partial charge in [0.1, 0.15) is 5.75 Å². The summed E-state index contributed by atoms with van der Waals surface area (Å²) in [7, 11) is 3.51. The molecule has 1 aromatic carbocycles. The van der Waals surface area contributed by atoms with Crippen molar-refractivity contribution in [1.82, 2.24) is 10.3 Å². The van der Waals surface area contributed by atoms with Crippen molar-refractivity contribution in [2.45, 2.75) is 12.8 Å². The van der Waals surface area contributed by atoms with Gasteiger partial charge in [0.2, 0.25) is 5.91 Å². The van der Waals surface area contributed by atoms with Gasteiger partial charge in [-0.25, -0.2) is 4.98 Å². The Bertz CT molecular complexity index is 568. The van der Waals surface area contributed by atoms with Crippen molar-refractivity contribution < 1.29 is 9.53 Å². The van der Waals surface area contributed by atoms with Crippen LogP contribution in [0.4, 0.5) is 5.13 Å². The topological polar surface area (TPSA) is 63.2 Å². The molecule has 0 fully saturated rings. The summed E-state index contributed by atoms with van der Waals surface area (Å²) in [5.74, 6) is 0.796. The zero-order valence-corrected chi connectivity index (χ0v) is 11.8. The fraction of sp³-hybridized carbons (Fsp3) is 0.385. The summed E-state index contributed by atoms with van der Waals surface area (Å²) in [5, 5.41) is 6.48. The molecule has 0 aliphatic heterocycles. The van der Waals surface area contributed by atoms with Gasteiger partial charge in [-0.15, -0.1) is 0 Å². The number of anilines is 1. The molecule has 0 radical (unpaired) electrons. The Morgan fingerprint density at radius 1 is 1.47 bits per heavy atom. The maximum absolute atomic E-state index is 11.7. The van der Waals surface area contributed by atoms with Crippen molar-refractivity contribution in [1.29, 1.82) is 0 Å². The highest BCUT2D eigenvalue weighted by atomic mass is 32.1. The second-order valence-corrected chi connectivity index (χ2v) is 5.14. The number of carbonyl (C=O) groups excluding carboxylic acids is 1. The third-order valence-corrected chi connectivity index (χ3v) is 3.61. The second kappa shape index (κ2) is 6.49. The quantitative estimate of drug-likeness (QED) is 0.796. The number of thiazole rings is 1. The number of amides is 1. The molecule has 2 N–H and O–H groups in total. The molecule has 2 aromatic rings. The molecule has 6 heteroatoms. The van der Waals surface area contributed by atoms with Crippen LogP contribution in [-0.4, -0.2) is 31.6 Å². The van der Waals surface area contributed by atoms with Crippen molar-refractivity contribution in [3.8, 4) is 5.75 Å². The van der Waals surface area contributed by atoms with Gasteiger partial charge in [-0.2, -0.15) is 0 Å². The van der Waals surface area contributed by atoms with Gasteiger partial charge in [-0.3, -0.25) is 4.79 Å². The monoisotopic (exact) mass is 279 g/mol. The minimum Gasteiger partial charge on any atom is -0.497 e. The molecule has 1 amide bonds. The lowest BCUT2D eigenvalue weighted by atomic mass is 10.3. The van der Waals surface area contributed by atoms with E-state index < -0.39 is 0 Å². The maximum Gasteiger partial charge on any atom is 0.226 e. The van der Waals surface area contributed by atoms with Gasteiger partial charge < -0.3 is 15.4 Å². The zero-order chi connectivity index (χ0) is 13.7. The van der Waals surface area contributed by atoms with Crippen LogP contribution >= 0.6 is 11.3 Å². The normalized spacial score (nSPS) is 10.6. The molecule has 0 saturated heterocycles. The number of hydrogen-bond acceptors (Lipinski definition) is 5. The summed E-state index contributed by atoms with van der Waals surface area (Å²) in [6, 6.07) is 5.67. The molecule has 0 aliphatic rings. The summed E-state index contributed by atoms with van der Waals surface area (Å²) in [5.41, 5.74) is 0.872. The molecule has 1 aromatic heterocycles. The average molecular weight is 279 g/mol. The van der Waals surface area contributed by atoms with E-state index >= 15 is 0 Å². The summed E-state index contributed by atoms with van der Waals surface area (Å²) >= 11 is 1.46. The summed E-state index contributed by atoms with van der Waals surface area (Å²) in [6.07, 6.45) is 1.32. The highest BCUT2D eigenvalue weighted by Crippen LogP contribution is 2.29. The lowest BCUT2D eigenvalue weighted by Crippen LogP contribution is -2.15. The number of methoxy groups -OCH3 is 1. The first-order valence-corrected chi connectivity index (χ1v) is 6.93. The molecule has 0 saturated carbocycles. The Kier molecular flexibility index (Phi) is 4.70. The van der Waals surface area contributed by atoms with E-state index in [4.69, 9.17) is 4.74 Å². The number of fused-ring (bicyclic) bond motifs is 1. The van der Waals surface area contributed by atoms with E-state index in [9.17, 15) is 4.79 Å². The SMILES string of the molecule is CNCCCC(=O)Nc1nc2ccc(OC)cc2s1. The van der Waals surface area contributed by atoms with Crippen molar-refractivity contribution in [2.24, 2.45) is 0 Å². The Labute approximate surface area is 116 Å². The summed E-state index contributed by atoms with van der Waals surface area (Å²) in [6.45, 7) is 0.838. The van der Waals surface area contributed by atoms with Crippen molar-refractivity contribution in [3.05, 3.63) is 18.2 Å². The van der Waals surface area contributed by atoms with Gasteiger partial charge in [-0.05, 0) is 38.2 Å². The molecular weight excluding hydrogens is 262 g/mol. The lowest BCUT2D eigenvalue weighted by Gasteiger charge is -2.00. The first-order chi connectivity index (χ1) is 9.22. The third kappa shape index (κ3) is 3.65. The molecule has 0 aliphatic carbocycles. The molecule has 5 nitrogen and oxygen atoms in total. The largest absolute Gasteiger partial charge is 0.497 e. The van der Waals surface area contributed by atoms with Gasteiger partial charge in [0.15, 0.2) is 5.13 Å². The fourth-order valence-electron chi connectivity index (χ4n) is 1.69. The van der Waals surface area contributed by atoms with Gasteiger partial charge in [-0.1, -0.05) is 11.3 Å².